The molecule has 18 heavy (non-hydrogen) atoms. The zero-order valence-electron chi connectivity index (χ0n) is 10.7. The first-order chi connectivity index (χ1) is 8.51. The third kappa shape index (κ3) is 4.04. The second kappa shape index (κ2) is 6.82. The highest BCUT2D eigenvalue weighted by Gasteiger charge is 2.18. The Kier molecular flexibility index (Phi) is 5.71. The van der Waals surface area contributed by atoms with Gasteiger partial charge in [-0.15, -0.1) is 0 Å². The normalized spacial score (nSPS) is 11.7. The zero-order valence-corrected chi connectivity index (χ0v) is 11.5. The Bertz CT molecular complexity index is 489. The molecule has 0 fully saturated rings. The Labute approximate surface area is 108 Å². The average Bonchev–Trinajstić information content (AvgIpc) is 2.32. The molecule has 0 saturated heterocycles. The second-order valence-electron chi connectivity index (χ2n) is 4.05. The topological polar surface area (TPSA) is 58.2 Å². The van der Waals surface area contributed by atoms with E-state index >= 15 is 0 Å². The van der Waals surface area contributed by atoms with E-state index < -0.39 is 15.8 Å². The number of benzene rings is 1. The monoisotopic (exact) mass is 274 g/mol. The lowest BCUT2D eigenvalue weighted by Crippen LogP contribution is -2.25. The minimum Gasteiger partial charge on any atom is -0.316 e. The van der Waals surface area contributed by atoms with Gasteiger partial charge in [0.2, 0.25) is 10.0 Å². The standard InChI is InChI=1S/C12H19FN2O2S/c1-3-4-7-15-18(16,17)12-8-10(9-14-2)5-6-11(12)13/h5-6,8,14-15H,3-4,7,9H2,1-2H3. The van der Waals surface area contributed by atoms with Crippen LogP contribution in [0.2, 0.25) is 0 Å². The fourth-order valence-electron chi connectivity index (χ4n) is 1.53. The molecule has 102 valence electrons. The van der Waals surface area contributed by atoms with Crippen LogP contribution in [0, 0.1) is 5.82 Å². The summed E-state index contributed by atoms with van der Waals surface area (Å²) in [5.41, 5.74) is 0.731. The lowest BCUT2D eigenvalue weighted by atomic mass is 10.2. The minimum absolute atomic E-state index is 0.286. The predicted molar refractivity (Wildman–Crippen MR) is 69.3 cm³/mol. The van der Waals surface area contributed by atoms with E-state index in [2.05, 4.69) is 10.0 Å². The van der Waals surface area contributed by atoms with Gasteiger partial charge in [0.1, 0.15) is 10.7 Å². The first kappa shape index (κ1) is 15.1. The van der Waals surface area contributed by atoms with E-state index in [0.717, 1.165) is 18.4 Å². The molecule has 0 aliphatic rings. The zero-order chi connectivity index (χ0) is 13.6. The first-order valence-corrected chi connectivity index (χ1v) is 7.42. The maximum atomic E-state index is 13.6. The van der Waals surface area contributed by atoms with Gasteiger partial charge in [-0.1, -0.05) is 19.4 Å². The third-order valence-corrected chi connectivity index (χ3v) is 3.96. The Morgan fingerprint density at radius 3 is 2.67 bits per heavy atom. The number of halogens is 1. The van der Waals surface area contributed by atoms with Crippen molar-refractivity contribution in [3.63, 3.8) is 0 Å². The van der Waals surface area contributed by atoms with Crippen molar-refractivity contribution in [1.82, 2.24) is 10.0 Å². The van der Waals surface area contributed by atoms with Gasteiger partial charge in [0.15, 0.2) is 0 Å². The summed E-state index contributed by atoms with van der Waals surface area (Å²) in [4.78, 5) is -0.286. The molecule has 1 aromatic rings. The van der Waals surface area contributed by atoms with Crippen molar-refractivity contribution in [3.8, 4) is 0 Å². The summed E-state index contributed by atoms with van der Waals surface area (Å²) in [5.74, 6) is -0.723. The molecule has 2 N–H and O–H groups in total. The summed E-state index contributed by atoms with van der Waals surface area (Å²) in [6, 6.07) is 4.11. The van der Waals surface area contributed by atoms with Crippen LogP contribution >= 0.6 is 0 Å². The largest absolute Gasteiger partial charge is 0.316 e. The van der Waals surface area contributed by atoms with Crippen LogP contribution in [0.1, 0.15) is 25.3 Å². The van der Waals surface area contributed by atoms with E-state index in [0.29, 0.717) is 13.1 Å². The van der Waals surface area contributed by atoms with Gasteiger partial charge in [-0.05, 0) is 31.2 Å². The van der Waals surface area contributed by atoms with Crippen molar-refractivity contribution >= 4 is 10.0 Å². The van der Waals surface area contributed by atoms with Gasteiger partial charge in [0.05, 0.1) is 0 Å². The number of hydrogen-bond donors (Lipinski definition) is 2. The molecule has 0 bridgehead atoms. The molecule has 1 aromatic carbocycles. The molecular weight excluding hydrogens is 255 g/mol. The molecule has 0 unspecified atom stereocenters. The van der Waals surface area contributed by atoms with E-state index in [1.54, 1.807) is 13.1 Å². The third-order valence-electron chi connectivity index (χ3n) is 2.49. The van der Waals surface area contributed by atoms with Crippen LogP contribution in [0.25, 0.3) is 0 Å². The van der Waals surface area contributed by atoms with E-state index in [9.17, 15) is 12.8 Å². The Morgan fingerprint density at radius 2 is 2.06 bits per heavy atom. The summed E-state index contributed by atoms with van der Waals surface area (Å²) < 4.78 is 39.8. The molecule has 0 saturated carbocycles. The summed E-state index contributed by atoms with van der Waals surface area (Å²) >= 11 is 0. The van der Waals surface area contributed by atoms with Crippen LogP contribution < -0.4 is 10.0 Å². The molecule has 0 amide bonds. The van der Waals surface area contributed by atoms with Gasteiger partial charge in [0, 0.05) is 13.1 Å². The number of sulfonamides is 1. The predicted octanol–water partition coefficient (Wildman–Crippen LogP) is 1.62. The van der Waals surface area contributed by atoms with Crippen LogP contribution in [0.15, 0.2) is 23.1 Å². The Hall–Kier alpha value is -0.980. The van der Waals surface area contributed by atoms with Crippen LogP contribution in [0.4, 0.5) is 4.39 Å². The van der Waals surface area contributed by atoms with Gasteiger partial charge in [0.25, 0.3) is 0 Å². The molecule has 0 aromatic heterocycles. The maximum Gasteiger partial charge on any atom is 0.243 e. The van der Waals surface area contributed by atoms with E-state index in [-0.39, 0.29) is 4.90 Å². The van der Waals surface area contributed by atoms with Crippen molar-refractivity contribution in [1.29, 1.82) is 0 Å². The minimum atomic E-state index is -3.76. The summed E-state index contributed by atoms with van der Waals surface area (Å²) in [5, 5.41) is 2.90. The SMILES string of the molecule is CCCCNS(=O)(=O)c1cc(CNC)ccc1F. The van der Waals surface area contributed by atoms with Gasteiger partial charge < -0.3 is 5.32 Å². The van der Waals surface area contributed by atoms with Crippen molar-refractivity contribution in [2.75, 3.05) is 13.6 Å². The lowest BCUT2D eigenvalue weighted by Gasteiger charge is -2.09. The highest BCUT2D eigenvalue weighted by molar-refractivity contribution is 7.89. The molecule has 0 aliphatic carbocycles. The van der Waals surface area contributed by atoms with Crippen LogP contribution in [0.3, 0.4) is 0 Å². The molecular formula is C12H19FN2O2S. The molecule has 0 spiro atoms. The van der Waals surface area contributed by atoms with Crippen molar-refractivity contribution in [3.05, 3.63) is 29.6 Å². The first-order valence-electron chi connectivity index (χ1n) is 5.94. The van der Waals surface area contributed by atoms with Gasteiger partial charge in [-0.25, -0.2) is 17.5 Å². The lowest BCUT2D eigenvalue weighted by molar-refractivity contribution is 0.554. The summed E-state index contributed by atoms with van der Waals surface area (Å²) in [6.45, 7) is 2.79. The van der Waals surface area contributed by atoms with Crippen molar-refractivity contribution < 1.29 is 12.8 Å². The molecule has 6 heteroatoms. The molecule has 0 aliphatic heterocycles. The van der Waals surface area contributed by atoms with Crippen LogP contribution in [-0.4, -0.2) is 22.0 Å². The van der Waals surface area contributed by atoms with Crippen LogP contribution in [0.5, 0.6) is 0 Å². The molecule has 0 radical (unpaired) electrons. The van der Waals surface area contributed by atoms with Crippen LogP contribution in [-0.2, 0) is 16.6 Å². The Morgan fingerprint density at radius 1 is 1.33 bits per heavy atom. The molecule has 0 heterocycles. The van der Waals surface area contributed by atoms with E-state index in [1.165, 1.54) is 12.1 Å². The smallest absolute Gasteiger partial charge is 0.243 e. The van der Waals surface area contributed by atoms with E-state index in [4.69, 9.17) is 0 Å². The van der Waals surface area contributed by atoms with E-state index in [1.807, 2.05) is 6.92 Å². The number of hydrogen-bond acceptors (Lipinski definition) is 3. The van der Waals surface area contributed by atoms with Crippen molar-refractivity contribution in [2.45, 2.75) is 31.2 Å². The molecule has 0 atom stereocenters. The van der Waals surface area contributed by atoms with Gasteiger partial charge in [-0.3, -0.25) is 0 Å². The van der Waals surface area contributed by atoms with Gasteiger partial charge >= 0.3 is 0 Å². The summed E-state index contributed by atoms with van der Waals surface area (Å²) in [6.07, 6.45) is 1.61. The second-order valence-corrected chi connectivity index (χ2v) is 5.78. The van der Waals surface area contributed by atoms with Gasteiger partial charge in [-0.2, -0.15) is 0 Å². The number of nitrogens with one attached hydrogen (secondary N) is 2. The quantitative estimate of drug-likeness (QED) is 0.743. The van der Waals surface area contributed by atoms with Crippen molar-refractivity contribution in [2.24, 2.45) is 0 Å². The number of unbranched alkanes of at least 4 members (excludes halogenated alkanes) is 1. The molecule has 1 rings (SSSR count). The summed E-state index contributed by atoms with van der Waals surface area (Å²) in [7, 11) is -2.01. The molecule has 4 nitrogen and oxygen atoms in total. The highest BCUT2D eigenvalue weighted by atomic mass is 32.2. The highest BCUT2D eigenvalue weighted by Crippen LogP contribution is 2.16. The fourth-order valence-corrected chi connectivity index (χ4v) is 2.73. The number of rotatable bonds is 7. The Balaban J connectivity index is 2.95. The average molecular weight is 274 g/mol. The maximum absolute atomic E-state index is 13.6. The fraction of sp³-hybridized carbons (Fsp3) is 0.500.